The van der Waals surface area contributed by atoms with Crippen LogP contribution in [0.3, 0.4) is 0 Å². The molecule has 21 heavy (non-hydrogen) atoms. The highest BCUT2D eigenvalue weighted by Gasteiger charge is 2.21. The Morgan fingerprint density at radius 3 is 2.57 bits per heavy atom. The van der Waals surface area contributed by atoms with Crippen molar-refractivity contribution in [3.8, 4) is 5.88 Å². The first kappa shape index (κ1) is 15.5. The lowest BCUT2D eigenvalue weighted by Gasteiger charge is -2.11. The van der Waals surface area contributed by atoms with Gasteiger partial charge >= 0.3 is 5.97 Å². The van der Waals surface area contributed by atoms with Crippen LogP contribution in [0.1, 0.15) is 41.6 Å². The van der Waals surface area contributed by atoms with Gasteiger partial charge in [-0.1, -0.05) is 29.3 Å². The van der Waals surface area contributed by atoms with Crippen LogP contribution in [0.5, 0.6) is 5.88 Å². The number of nitrogens with zero attached hydrogens (tertiary/aromatic N) is 2. The zero-order valence-corrected chi connectivity index (χ0v) is 13.0. The van der Waals surface area contributed by atoms with Gasteiger partial charge in [0.05, 0.1) is 11.6 Å². The molecule has 6 heteroatoms. The van der Waals surface area contributed by atoms with Gasteiger partial charge in [-0.3, -0.25) is 4.57 Å². The number of aryl methyl sites for hydroxylation is 1. The van der Waals surface area contributed by atoms with Crippen molar-refractivity contribution >= 4 is 17.6 Å². The summed E-state index contributed by atoms with van der Waals surface area (Å²) in [4.78, 5) is 16.3. The molecule has 0 aliphatic rings. The number of esters is 1. The Morgan fingerprint density at radius 1 is 1.43 bits per heavy atom. The van der Waals surface area contributed by atoms with Crippen molar-refractivity contribution in [2.24, 2.45) is 5.73 Å². The summed E-state index contributed by atoms with van der Waals surface area (Å²) in [5.74, 6) is 0.356. The maximum Gasteiger partial charge on any atom is 0.344 e. The molecule has 0 fully saturated rings. The maximum absolute atomic E-state index is 12.2. The molecule has 5 nitrogen and oxygen atoms in total. The summed E-state index contributed by atoms with van der Waals surface area (Å²) >= 11 is 6.06. The average molecular weight is 308 g/mol. The van der Waals surface area contributed by atoms with E-state index in [1.807, 2.05) is 26.0 Å². The van der Waals surface area contributed by atoms with Gasteiger partial charge in [0.15, 0.2) is 5.15 Å². The van der Waals surface area contributed by atoms with Gasteiger partial charge in [-0.25, -0.2) is 9.78 Å². The molecule has 2 rings (SSSR count). The lowest BCUT2D eigenvalue weighted by atomic mass is 10.1. The van der Waals surface area contributed by atoms with Crippen LogP contribution < -0.4 is 10.5 Å². The van der Waals surface area contributed by atoms with Gasteiger partial charge < -0.3 is 10.5 Å². The number of carbonyl (C=O) groups excluding carboxylic acids is 1. The zero-order chi connectivity index (χ0) is 15.6. The molecule has 2 aromatic rings. The Balaban J connectivity index is 2.31. The molecule has 0 aliphatic carbocycles. The van der Waals surface area contributed by atoms with E-state index in [0.717, 1.165) is 5.56 Å². The Bertz CT molecular complexity index is 648. The highest BCUT2D eigenvalue weighted by Crippen LogP contribution is 2.28. The van der Waals surface area contributed by atoms with E-state index in [1.54, 1.807) is 23.6 Å². The van der Waals surface area contributed by atoms with E-state index in [-0.39, 0.29) is 17.1 Å². The number of halogens is 1. The summed E-state index contributed by atoms with van der Waals surface area (Å²) < 4.78 is 7.11. The summed E-state index contributed by atoms with van der Waals surface area (Å²) in [7, 11) is 0. The van der Waals surface area contributed by atoms with Crippen LogP contribution >= 0.6 is 11.6 Å². The molecular formula is C15H18ClN3O2. The van der Waals surface area contributed by atoms with E-state index in [2.05, 4.69) is 4.98 Å². The lowest BCUT2D eigenvalue weighted by Crippen LogP contribution is -2.16. The Kier molecular flexibility index (Phi) is 4.65. The van der Waals surface area contributed by atoms with Crippen molar-refractivity contribution in [2.45, 2.75) is 33.4 Å². The molecule has 0 saturated carbocycles. The number of rotatable bonds is 4. The van der Waals surface area contributed by atoms with E-state index < -0.39 is 5.97 Å². The normalized spacial score (nSPS) is 12.2. The minimum absolute atomic E-state index is 0.143. The first-order chi connectivity index (χ1) is 9.93. The van der Waals surface area contributed by atoms with E-state index in [0.29, 0.717) is 17.9 Å². The molecule has 1 heterocycles. The van der Waals surface area contributed by atoms with Crippen LogP contribution in [0.2, 0.25) is 5.15 Å². The van der Waals surface area contributed by atoms with Crippen LogP contribution in [0.25, 0.3) is 0 Å². The van der Waals surface area contributed by atoms with Crippen LogP contribution in [-0.4, -0.2) is 15.5 Å². The molecule has 1 unspecified atom stereocenters. The van der Waals surface area contributed by atoms with Gasteiger partial charge in [-0.15, -0.1) is 0 Å². The summed E-state index contributed by atoms with van der Waals surface area (Å²) in [6, 6.07) is 6.83. The van der Waals surface area contributed by atoms with Gasteiger partial charge in [-0.2, -0.15) is 0 Å². The van der Waals surface area contributed by atoms with Crippen molar-refractivity contribution in [3.63, 3.8) is 0 Å². The summed E-state index contributed by atoms with van der Waals surface area (Å²) in [5.41, 5.74) is 7.38. The monoisotopic (exact) mass is 307 g/mol. The van der Waals surface area contributed by atoms with Crippen molar-refractivity contribution in [1.29, 1.82) is 0 Å². The number of ether oxygens (including phenoxy) is 1. The van der Waals surface area contributed by atoms with E-state index in [4.69, 9.17) is 22.1 Å². The molecule has 0 amide bonds. The lowest BCUT2D eigenvalue weighted by molar-refractivity contribution is 0.0720. The van der Waals surface area contributed by atoms with Crippen molar-refractivity contribution in [1.82, 2.24) is 9.55 Å². The second kappa shape index (κ2) is 6.28. The SMILES string of the molecule is CCn1c(C(C)N)nc(Cl)c1OC(=O)c1ccc(C)cc1. The quantitative estimate of drug-likeness (QED) is 0.881. The predicted octanol–water partition coefficient (Wildman–Crippen LogP) is 3.10. The van der Waals surface area contributed by atoms with Crippen molar-refractivity contribution in [2.75, 3.05) is 0 Å². The highest BCUT2D eigenvalue weighted by atomic mass is 35.5. The van der Waals surface area contributed by atoms with Gasteiger partial charge in [0.2, 0.25) is 5.88 Å². The van der Waals surface area contributed by atoms with Crippen LogP contribution in [0, 0.1) is 6.92 Å². The number of carbonyl (C=O) groups is 1. The molecule has 1 aromatic carbocycles. The molecule has 1 atom stereocenters. The molecule has 0 aliphatic heterocycles. The first-order valence-corrected chi connectivity index (χ1v) is 7.12. The standard InChI is InChI=1S/C15H18ClN3O2/c1-4-19-13(10(3)17)18-12(16)14(19)21-15(20)11-7-5-9(2)6-8-11/h5-8,10H,4,17H2,1-3H3. The Hall–Kier alpha value is -1.85. The number of imidazole rings is 1. The van der Waals surface area contributed by atoms with Gasteiger partial charge in [0.25, 0.3) is 0 Å². The molecule has 0 radical (unpaired) electrons. The second-order valence-corrected chi connectivity index (χ2v) is 5.21. The fraction of sp³-hybridized carbons (Fsp3) is 0.333. The van der Waals surface area contributed by atoms with Crippen LogP contribution in [0.15, 0.2) is 24.3 Å². The largest absolute Gasteiger partial charge is 0.402 e. The summed E-state index contributed by atoms with van der Waals surface area (Å²) in [6.07, 6.45) is 0. The highest BCUT2D eigenvalue weighted by molar-refractivity contribution is 6.30. The van der Waals surface area contributed by atoms with Crippen molar-refractivity contribution < 1.29 is 9.53 Å². The van der Waals surface area contributed by atoms with Crippen LogP contribution in [0.4, 0.5) is 0 Å². The number of nitrogens with two attached hydrogens (primary N) is 1. The minimum Gasteiger partial charge on any atom is -0.402 e. The third-order valence-electron chi connectivity index (χ3n) is 3.11. The summed E-state index contributed by atoms with van der Waals surface area (Å²) in [6.45, 7) is 6.23. The molecule has 0 bridgehead atoms. The minimum atomic E-state index is -0.470. The van der Waals surface area contributed by atoms with Gasteiger partial charge in [0, 0.05) is 6.54 Å². The molecule has 1 aromatic heterocycles. The first-order valence-electron chi connectivity index (χ1n) is 6.74. The topological polar surface area (TPSA) is 70.1 Å². The fourth-order valence-electron chi connectivity index (χ4n) is 2.01. The van der Waals surface area contributed by atoms with E-state index in [1.165, 1.54) is 0 Å². The molecule has 2 N–H and O–H groups in total. The van der Waals surface area contributed by atoms with Crippen LogP contribution in [-0.2, 0) is 6.54 Å². The van der Waals surface area contributed by atoms with E-state index in [9.17, 15) is 4.79 Å². The van der Waals surface area contributed by atoms with Gasteiger partial charge in [-0.05, 0) is 32.9 Å². The Morgan fingerprint density at radius 2 is 2.05 bits per heavy atom. The second-order valence-electron chi connectivity index (χ2n) is 4.85. The zero-order valence-electron chi connectivity index (χ0n) is 12.3. The molecule has 112 valence electrons. The van der Waals surface area contributed by atoms with Gasteiger partial charge in [0.1, 0.15) is 5.82 Å². The molecule has 0 saturated heterocycles. The smallest absolute Gasteiger partial charge is 0.344 e. The third-order valence-corrected chi connectivity index (χ3v) is 3.36. The number of hydrogen-bond acceptors (Lipinski definition) is 4. The molecular weight excluding hydrogens is 290 g/mol. The third kappa shape index (κ3) is 3.25. The number of hydrogen-bond donors (Lipinski definition) is 1. The maximum atomic E-state index is 12.2. The molecule has 0 spiro atoms. The predicted molar refractivity (Wildman–Crippen MR) is 81.7 cm³/mol. The number of aromatic nitrogens is 2. The number of benzene rings is 1. The van der Waals surface area contributed by atoms with E-state index >= 15 is 0 Å². The average Bonchev–Trinajstić information content (AvgIpc) is 2.76. The summed E-state index contributed by atoms with van der Waals surface area (Å²) in [5, 5.41) is 0.143. The Labute approximate surface area is 128 Å². The van der Waals surface area contributed by atoms with Crippen molar-refractivity contribution in [3.05, 3.63) is 46.4 Å². The fourth-order valence-corrected chi connectivity index (χ4v) is 2.24.